The SMILES string of the molecule is Cc1ccc(C(=O)N(C)CC(=O)N2CCC(C(=O)O)CC2)c(O)c1. The van der Waals surface area contributed by atoms with Gasteiger partial charge in [-0.1, -0.05) is 6.07 Å². The van der Waals surface area contributed by atoms with Crippen LogP contribution in [0.4, 0.5) is 0 Å². The summed E-state index contributed by atoms with van der Waals surface area (Å²) >= 11 is 0. The Morgan fingerprint density at radius 1 is 1.25 bits per heavy atom. The van der Waals surface area contributed by atoms with Crippen LogP contribution in [0.2, 0.25) is 0 Å². The molecule has 0 atom stereocenters. The van der Waals surface area contributed by atoms with E-state index in [1.807, 2.05) is 6.92 Å². The third-order valence-electron chi connectivity index (χ3n) is 4.30. The monoisotopic (exact) mass is 334 g/mol. The predicted octanol–water partition coefficient (Wildman–Crippen LogP) is 1.10. The lowest BCUT2D eigenvalue weighted by Crippen LogP contribution is -2.45. The van der Waals surface area contributed by atoms with E-state index in [2.05, 4.69) is 0 Å². The number of aromatic hydroxyl groups is 1. The number of hydrogen-bond donors (Lipinski definition) is 2. The number of carboxylic acids is 1. The largest absolute Gasteiger partial charge is 0.507 e. The zero-order chi connectivity index (χ0) is 17.9. The summed E-state index contributed by atoms with van der Waals surface area (Å²) in [4.78, 5) is 38.4. The molecule has 7 nitrogen and oxygen atoms in total. The Morgan fingerprint density at radius 2 is 1.88 bits per heavy atom. The summed E-state index contributed by atoms with van der Waals surface area (Å²) in [6, 6.07) is 4.76. The number of rotatable bonds is 4. The van der Waals surface area contributed by atoms with Gasteiger partial charge in [0.25, 0.3) is 5.91 Å². The molecule has 1 aliphatic rings. The number of aryl methyl sites for hydroxylation is 1. The minimum absolute atomic E-state index is 0.107. The molecule has 1 saturated heterocycles. The molecule has 0 unspecified atom stereocenters. The third kappa shape index (κ3) is 4.04. The number of phenols is 1. The van der Waals surface area contributed by atoms with Crippen molar-refractivity contribution < 1.29 is 24.6 Å². The van der Waals surface area contributed by atoms with Crippen LogP contribution in [0, 0.1) is 12.8 Å². The highest BCUT2D eigenvalue weighted by Gasteiger charge is 2.28. The Labute approximate surface area is 140 Å². The van der Waals surface area contributed by atoms with Gasteiger partial charge >= 0.3 is 5.97 Å². The summed E-state index contributed by atoms with van der Waals surface area (Å²) in [6.45, 7) is 2.47. The Balaban J connectivity index is 1.94. The highest BCUT2D eigenvalue weighted by Crippen LogP contribution is 2.21. The van der Waals surface area contributed by atoms with Gasteiger partial charge in [0.05, 0.1) is 18.0 Å². The summed E-state index contributed by atoms with van der Waals surface area (Å²) in [7, 11) is 1.50. The van der Waals surface area contributed by atoms with Gasteiger partial charge in [-0.15, -0.1) is 0 Å². The van der Waals surface area contributed by atoms with Gasteiger partial charge in [0.15, 0.2) is 0 Å². The van der Waals surface area contributed by atoms with Crippen LogP contribution in [0.25, 0.3) is 0 Å². The maximum Gasteiger partial charge on any atom is 0.306 e. The number of hydrogen-bond acceptors (Lipinski definition) is 4. The lowest BCUT2D eigenvalue weighted by Gasteiger charge is -2.31. The highest BCUT2D eigenvalue weighted by molar-refractivity contribution is 5.98. The number of carbonyl (C=O) groups is 3. The van der Waals surface area contributed by atoms with Gasteiger partial charge in [-0.05, 0) is 37.5 Å². The molecule has 1 aromatic carbocycles. The van der Waals surface area contributed by atoms with Crippen LogP contribution in [0.5, 0.6) is 5.75 Å². The second kappa shape index (κ2) is 7.33. The molecule has 0 aromatic heterocycles. The van der Waals surface area contributed by atoms with Gasteiger partial charge < -0.3 is 20.0 Å². The number of likely N-dealkylation sites (N-methyl/N-ethyl adjacent to an activating group) is 1. The number of likely N-dealkylation sites (tertiary alicyclic amines) is 1. The second-order valence-corrected chi connectivity index (χ2v) is 6.18. The number of phenolic OH excluding ortho intramolecular Hbond substituents is 1. The first kappa shape index (κ1) is 17.8. The molecule has 0 radical (unpaired) electrons. The first-order valence-corrected chi connectivity index (χ1v) is 7.85. The lowest BCUT2D eigenvalue weighted by atomic mass is 9.97. The highest BCUT2D eigenvalue weighted by atomic mass is 16.4. The van der Waals surface area contributed by atoms with Gasteiger partial charge in [0.2, 0.25) is 5.91 Å². The fourth-order valence-corrected chi connectivity index (χ4v) is 2.78. The molecule has 0 bridgehead atoms. The zero-order valence-electron chi connectivity index (χ0n) is 13.9. The molecule has 1 aromatic rings. The molecular formula is C17H22N2O5. The van der Waals surface area contributed by atoms with E-state index in [0.29, 0.717) is 25.9 Å². The molecule has 2 N–H and O–H groups in total. The molecule has 0 aliphatic carbocycles. The molecule has 0 spiro atoms. The standard InChI is InChI=1S/C17H22N2O5/c1-11-3-4-13(14(20)9-11)16(22)18(2)10-15(21)19-7-5-12(6-8-19)17(23)24/h3-4,9,12,20H,5-8,10H2,1-2H3,(H,23,24). The van der Waals surface area contributed by atoms with E-state index >= 15 is 0 Å². The van der Waals surface area contributed by atoms with Crippen LogP contribution < -0.4 is 0 Å². The fourth-order valence-electron chi connectivity index (χ4n) is 2.78. The van der Waals surface area contributed by atoms with Crippen molar-refractivity contribution in [1.82, 2.24) is 9.80 Å². The van der Waals surface area contributed by atoms with Gasteiger partial charge in [0.1, 0.15) is 5.75 Å². The Hall–Kier alpha value is -2.57. The van der Waals surface area contributed by atoms with Crippen molar-refractivity contribution in [2.45, 2.75) is 19.8 Å². The molecule has 7 heteroatoms. The van der Waals surface area contributed by atoms with Crippen LogP contribution >= 0.6 is 0 Å². The summed E-state index contributed by atoms with van der Waals surface area (Å²) in [5.74, 6) is -1.99. The van der Waals surface area contributed by atoms with Crippen molar-refractivity contribution in [2.75, 3.05) is 26.7 Å². The molecule has 1 fully saturated rings. The zero-order valence-corrected chi connectivity index (χ0v) is 13.9. The van der Waals surface area contributed by atoms with E-state index in [1.54, 1.807) is 11.0 Å². The van der Waals surface area contributed by atoms with E-state index in [9.17, 15) is 19.5 Å². The van der Waals surface area contributed by atoms with Gasteiger partial charge in [0, 0.05) is 20.1 Å². The van der Waals surface area contributed by atoms with Crippen molar-refractivity contribution in [3.8, 4) is 5.75 Å². The average molecular weight is 334 g/mol. The number of aliphatic carboxylic acids is 1. The Kier molecular flexibility index (Phi) is 5.43. The minimum atomic E-state index is -0.829. The normalized spacial score (nSPS) is 15.2. The summed E-state index contributed by atoms with van der Waals surface area (Å²) < 4.78 is 0. The molecule has 1 heterocycles. The molecule has 1 aliphatic heterocycles. The number of carbonyl (C=O) groups excluding carboxylic acids is 2. The van der Waals surface area contributed by atoms with E-state index < -0.39 is 17.8 Å². The maximum absolute atomic E-state index is 12.4. The van der Waals surface area contributed by atoms with Crippen molar-refractivity contribution in [2.24, 2.45) is 5.92 Å². The molecular weight excluding hydrogens is 312 g/mol. The predicted molar refractivity (Wildman–Crippen MR) is 86.7 cm³/mol. The summed E-state index contributed by atoms with van der Waals surface area (Å²) in [5, 5.41) is 18.8. The molecule has 24 heavy (non-hydrogen) atoms. The van der Waals surface area contributed by atoms with Gasteiger partial charge in [-0.3, -0.25) is 14.4 Å². The number of nitrogens with zero attached hydrogens (tertiary/aromatic N) is 2. The van der Waals surface area contributed by atoms with Crippen LogP contribution in [-0.4, -0.2) is 64.5 Å². The van der Waals surface area contributed by atoms with Gasteiger partial charge in [-0.25, -0.2) is 0 Å². The smallest absolute Gasteiger partial charge is 0.306 e. The Bertz CT molecular complexity index is 650. The number of carboxylic acid groups (broad SMARTS) is 1. The van der Waals surface area contributed by atoms with Crippen LogP contribution in [0.15, 0.2) is 18.2 Å². The maximum atomic E-state index is 12.4. The molecule has 2 rings (SSSR count). The van der Waals surface area contributed by atoms with E-state index in [4.69, 9.17) is 5.11 Å². The van der Waals surface area contributed by atoms with Crippen LogP contribution in [-0.2, 0) is 9.59 Å². The average Bonchev–Trinajstić information content (AvgIpc) is 2.54. The Morgan fingerprint density at radius 3 is 2.42 bits per heavy atom. The fraction of sp³-hybridized carbons (Fsp3) is 0.471. The van der Waals surface area contributed by atoms with Gasteiger partial charge in [-0.2, -0.15) is 0 Å². The van der Waals surface area contributed by atoms with E-state index in [0.717, 1.165) is 5.56 Å². The van der Waals surface area contributed by atoms with Crippen LogP contribution in [0.3, 0.4) is 0 Å². The van der Waals surface area contributed by atoms with Crippen molar-refractivity contribution >= 4 is 17.8 Å². The minimum Gasteiger partial charge on any atom is -0.507 e. The van der Waals surface area contributed by atoms with Crippen molar-refractivity contribution in [1.29, 1.82) is 0 Å². The topological polar surface area (TPSA) is 98.2 Å². The number of amides is 2. The summed E-state index contributed by atoms with van der Waals surface area (Å²) in [6.07, 6.45) is 0.856. The summed E-state index contributed by atoms with van der Waals surface area (Å²) in [5.41, 5.74) is 0.990. The first-order valence-electron chi connectivity index (χ1n) is 7.85. The van der Waals surface area contributed by atoms with E-state index in [1.165, 1.54) is 24.1 Å². The lowest BCUT2D eigenvalue weighted by molar-refractivity contribution is -0.145. The first-order chi connectivity index (χ1) is 11.3. The molecule has 2 amide bonds. The molecule has 130 valence electrons. The quantitative estimate of drug-likeness (QED) is 0.859. The van der Waals surface area contributed by atoms with Crippen molar-refractivity contribution in [3.05, 3.63) is 29.3 Å². The van der Waals surface area contributed by atoms with Crippen molar-refractivity contribution in [3.63, 3.8) is 0 Å². The number of piperidine rings is 1. The van der Waals surface area contributed by atoms with E-state index in [-0.39, 0.29) is 23.8 Å². The number of benzene rings is 1. The van der Waals surface area contributed by atoms with Crippen LogP contribution in [0.1, 0.15) is 28.8 Å². The second-order valence-electron chi connectivity index (χ2n) is 6.18. The third-order valence-corrected chi connectivity index (χ3v) is 4.30. The molecule has 0 saturated carbocycles.